The van der Waals surface area contributed by atoms with Crippen molar-refractivity contribution in [2.45, 2.75) is 39.7 Å². The van der Waals surface area contributed by atoms with E-state index in [0.717, 1.165) is 11.3 Å². The first-order chi connectivity index (χ1) is 7.50. The van der Waals surface area contributed by atoms with Crippen molar-refractivity contribution in [3.05, 3.63) is 35.1 Å². The highest BCUT2D eigenvalue weighted by molar-refractivity contribution is 5.83. The normalized spacial score (nSPS) is 13.6. The molecule has 0 saturated heterocycles. The number of aryl methyl sites for hydroxylation is 1. The fourth-order valence-corrected chi connectivity index (χ4v) is 2.05. The fourth-order valence-electron chi connectivity index (χ4n) is 2.05. The Hall–Kier alpha value is -1.28. The molecule has 0 saturated carbocycles. The fraction of sp³-hybridized carbons (Fsp3) is 0.429. The van der Waals surface area contributed by atoms with Gasteiger partial charge in [-0.25, -0.2) is 0 Å². The molecule has 0 fully saturated rings. The maximum Gasteiger partial charge on any atom is 0.134 e. The van der Waals surface area contributed by atoms with Crippen molar-refractivity contribution in [1.82, 2.24) is 0 Å². The van der Waals surface area contributed by atoms with E-state index in [4.69, 9.17) is 10.2 Å². The minimum Gasteiger partial charge on any atom is -0.459 e. The number of nitrogens with two attached hydrogens (primary N) is 1. The van der Waals surface area contributed by atoms with Gasteiger partial charge in [-0.1, -0.05) is 19.9 Å². The van der Waals surface area contributed by atoms with Gasteiger partial charge >= 0.3 is 0 Å². The summed E-state index contributed by atoms with van der Waals surface area (Å²) in [4.78, 5) is 0. The summed E-state index contributed by atoms with van der Waals surface area (Å²) in [6, 6.07) is 6.34. The molecule has 0 aliphatic rings. The van der Waals surface area contributed by atoms with Crippen molar-refractivity contribution < 1.29 is 4.42 Å². The summed E-state index contributed by atoms with van der Waals surface area (Å²) in [6.45, 7) is 8.43. The summed E-state index contributed by atoms with van der Waals surface area (Å²) in [7, 11) is 0. The van der Waals surface area contributed by atoms with Gasteiger partial charge in [0.25, 0.3) is 0 Å². The van der Waals surface area contributed by atoms with E-state index in [0.29, 0.717) is 5.92 Å². The van der Waals surface area contributed by atoms with Crippen LogP contribution in [0.5, 0.6) is 0 Å². The third kappa shape index (κ3) is 1.74. The molecule has 1 aromatic carbocycles. The number of benzene rings is 1. The molecule has 2 nitrogen and oxygen atoms in total. The van der Waals surface area contributed by atoms with Crippen molar-refractivity contribution in [3.63, 3.8) is 0 Å². The second-order valence-corrected chi connectivity index (χ2v) is 4.79. The summed E-state index contributed by atoms with van der Waals surface area (Å²) < 4.78 is 5.77. The Kier molecular flexibility index (Phi) is 2.76. The van der Waals surface area contributed by atoms with Crippen LogP contribution in [-0.4, -0.2) is 0 Å². The molecule has 0 spiro atoms. The van der Waals surface area contributed by atoms with E-state index in [-0.39, 0.29) is 6.04 Å². The molecule has 2 rings (SSSR count). The standard InChI is InChI=1S/C14H19NO/c1-8(2)11-5-6-13-12(7-11)9(3)14(16-13)10(4)15/h5-8,10H,15H2,1-4H3. The van der Waals surface area contributed by atoms with Crippen molar-refractivity contribution >= 4 is 11.0 Å². The van der Waals surface area contributed by atoms with Crippen LogP contribution in [-0.2, 0) is 0 Å². The molecule has 0 radical (unpaired) electrons. The first-order valence-electron chi connectivity index (χ1n) is 5.79. The van der Waals surface area contributed by atoms with Gasteiger partial charge in [0.05, 0.1) is 6.04 Å². The third-order valence-electron chi connectivity index (χ3n) is 3.08. The van der Waals surface area contributed by atoms with Crippen LogP contribution in [0.25, 0.3) is 11.0 Å². The summed E-state index contributed by atoms with van der Waals surface area (Å²) in [6.07, 6.45) is 0. The van der Waals surface area contributed by atoms with Gasteiger partial charge in [0, 0.05) is 5.39 Å². The van der Waals surface area contributed by atoms with Gasteiger partial charge in [0.2, 0.25) is 0 Å². The molecule has 0 amide bonds. The summed E-state index contributed by atoms with van der Waals surface area (Å²) in [5.41, 5.74) is 9.34. The minimum absolute atomic E-state index is 0.0464. The number of fused-ring (bicyclic) bond motifs is 1. The van der Waals surface area contributed by atoms with Crippen molar-refractivity contribution in [3.8, 4) is 0 Å². The van der Waals surface area contributed by atoms with E-state index in [1.165, 1.54) is 16.5 Å². The Morgan fingerprint density at radius 3 is 2.44 bits per heavy atom. The van der Waals surface area contributed by atoms with Crippen LogP contribution in [0.3, 0.4) is 0 Å². The highest BCUT2D eigenvalue weighted by atomic mass is 16.3. The Morgan fingerprint density at radius 1 is 1.19 bits per heavy atom. The average Bonchev–Trinajstić information content (AvgIpc) is 2.56. The van der Waals surface area contributed by atoms with Crippen LogP contribution in [0.2, 0.25) is 0 Å². The van der Waals surface area contributed by atoms with Crippen molar-refractivity contribution in [2.24, 2.45) is 5.73 Å². The lowest BCUT2D eigenvalue weighted by molar-refractivity contribution is 0.509. The second-order valence-electron chi connectivity index (χ2n) is 4.79. The first kappa shape index (κ1) is 11.2. The molecule has 1 aromatic heterocycles. The van der Waals surface area contributed by atoms with Crippen LogP contribution in [0, 0.1) is 6.92 Å². The highest BCUT2D eigenvalue weighted by Crippen LogP contribution is 2.30. The van der Waals surface area contributed by atoms with Gasteiger partial charge in [-0.15, -0.1) is 0 Å². The largest absolute Gasteiger partial charge is 0.459 e. The average molecular weight is 217 g/mol. The van der Waals surface area contributed by atoms with Gasteiger partial charge in [-0.2, -0.15) is 0 Å². The molecule has 1 atom stereocenters. The Morgan fingerprint density at radius 2 is 1.88 bits per heavy atom. The number of furan rings is 1. The van der Waals surface area contributed by atoms with Crippen LogP contribution in [0.1, 0.15) is 49.6 Å². The summed E-state index contributed by atoms with van der Waals surface area (Å²) >= 11 is 0. The van der Waals surface area contributed by atoms with Gasteiger partial charge in [0.1, 0.15) is 11.3 Å². The lowest BCUT2D eigenvalue weighted by atomic mass is 10.00. The zero-order valence-corrected chi connectivity index (χ0v) is 10.4. The lowest BCUT2D eigenvalue weighted by Crippen LogP contribution is -2.04. The predicted molar refractivity (Wildman–Crippen MR) is 67.6 cm³/mol. The Balaban J connectivity index is 2.64. The van der Waals surface area contributed by atoms with Gasteiger partial charge in [0.15, 0.2) is 0 Å². The van der Waals surface area contributed by atoms with E-state index in [1.807, 2.05) is 13.0 Å². The second kappa shape index (κ2) is 3.95. The van der Waals surface area contributed by atoms with Crippen LogP contribution in [0.4, 0.5) is 0 Å². The monoisotopic (exact) mass is 217 g/mol. The molecule has 0 aliphatic heterocycles. The molecule has 1 unspecified atom stereocenters. The molecular formula is C14H19NO. The zero-order valence-electron chi connectivity index (χ0n) is 10.4. The SMILES string of the molecule is Cc1c(C(C)N)oc2ccc(C(C)C)cc12. The maximum absolute atomic E-state index is 5.88. The van der Waals surface area contributed by atoms with E-state index < -0.39 is 0 Å². The third-order valence-corrected chi connectivity index (χ3v) is 3.08. The van der Waals surface area contributed by atoms with Crippen LogP contribution >= 0.6 is 0 Å². The molecule has 0 aliphatic carbocycles. The van der Waals surface area contributed by atoms with E-state index in [2.05, 4.69) is 32.9 Å². The number of hydrogen-bond donors (Lipinski definition) is 1. The van der Waals surface area contributed by atoms with E-state index in [1.54, 1.807) is 0 Å². The molecule has 2 aromatic rings. The number of rotatable bonds is 2. The lowest BCUT2D eigenvalue weighted by Gasteiger charge is -2.04. The minimum atomic E-state index is -0.0464. The topological polar surface area (TPSA) is 39.2 Å². The molecule has 2 heteroatoms. The highest BCUT2D eigenvalue weighted by Gasteiger charge is 2.14. The first-order valence-corrected chi connectivity index (χ1v) is 5.79. The molecule has 2 N–H and O–H groups in total. The molecule has 16 heavy (non-hydrogen) atoms. The molecular weight excluding hydrogens is 198 g/mol. The summed E-state index contributed by atoms with van der Waals surface area (Å²) in [5.74, 6) is 1.44. The van der Waals surface area contributed by atoms with Gasteiger partial charge < -0.3 is 10.2 Å². The van der Waals surface area contributed by atoms with E-state index in [9.17, 15) is 0 Å². The van der Waals surface area contributed by atoms with Crippen molar-refractivity contribution in [1.29, 1.82) is 0 Å². The smallest absolute Gasteiger partial charge is 0.134 e. The Labute approximate surface area is 96.4 Å². The van der Waals surface area contributed by atoms with Gasteiger partial charge in [-0.3, -0.25) is 0 Å². The Bertz CT molecular complexity index is 509. The summed E-state index contributed by atoms with van der Waals surface area (Å²) in [5, 5.41) is 1.19. The van der Waals surface area contributed by atoms with Crippen LogP contribution in [0.15, 0.2) is 22.6 Å². The van der Waals surface area contributed by atoms with Crippen molar-refractivity contribution in [2.75, 3.05) is 0 Å². The quantitative estimate of drug-likeness (QED) is 0.829. The maximum atomic E-state index is 5.88. The van der Waals surface area contributed by atoms with E-state index >= 15 is 0 Å². The van der Waals surface area contributed by atoms with Crippen LogP contribution < -0.4 is 5.73 Å². The molecule has 86 valence electrons. The molecule has 1 heterocycles. The number of hydrogen-bond acceptors (Lipinski definition) is 2. The molecule has 0 bridgehead atoms. The predicted octanol–water partition coefficient (Wildman–Crippen LogP) is 3.88. The van der Waals surface area contributed by atoms with Gasteiger partial charge in [-0.05, 0) is 43.0 Å². The zero-order chi connectivity index (χ0) is 11.9.